The molecule has 1 unspecified atom stereocenters. The molecule has 1 aromatic carbocycles. The van der Waals surface area contributed by atoms with Crippen LogP contribution < -0.4 is 5.32 Å². The number of carboxylic acid groups (broad SMARTS) is 1. The number of nitrogens with one attached hydrogen (secondary N) is 1. The zero-order valence-corrected chi connectivity index (χ0v) is 13.2. The summed E-state index contributed by atoms with van der Waals surface area (Å²) in [4.78, 5) is 23.3. The Balaban J connectivity index is 2.00. The third-order valence-corrected chi connectivity index (χ3v) is 4.16. The quantitative estimate of drug-likeness (QED) is 0.788. The fraction of sp³-hybridized carbons (Fsp3) is 0.500. The second kappa shape index (κ2) is 6.27. The van der Waals surface area contributed by atoms with E-state index in [4.69, 9.17) is 5.11 Å². The minimum atomic E-state index is -4.47. The summed E-state index contributed by atoms with van der Waals surface area (Å²) < 4.78 is 63.5. The van der Waals surface area contributed by atoms with Gasteiger partial charge in [0.25, 0.3) is 5.92 Å². The molecule has 4 nitrogen and oxygen atoms in total. The smallest absolute Gasteiger partial charge is 0.416 e. The van der Waals surface area contributed by atoms with Gasteiger partial charge < -0.3 is 10.4 Å². The lowest BCUT2D eigenvalue weighted by Crippen LogP contribution is -2.67. The Morgan fingerprint density at radius 1 is 1.20 bits per heavy atom. The van der Waals surface area contributed by atoms with Gasteiger partial charge in [-0.1, -0.05) is 19.1 Å². The predicted octanol–water partition coefficient (Wildman–Crippen LogP) is 3.25. The summed E-state index contributed by atoms with van der Waals surface area (Å²) in [5.41, 5.74) is -2.37. The van der Waals surface area contributed by atoms with E-state index in [1.54, 1.807) is 0 Å². The van der Waals surface area contributed by atoms with Crippen LogP contribution in [-0.4, -0.2) is 28.4 Å². The first-order valence-corrected chi connectivity index (χ1v) is 7.44. The van der Waals surface area contributed by atoms with E-state index in [1.807, 2.05) is 0 Å². The van der Waals surface area contributed by atoms with Gasteiger partial charge >= 0.3 is 12.1 Å². The number of benzene rings is 1. The van der Waals surface area contributed by atoms with Gasteiger partial charge in [0.1, 0.15) is 5.54 Å². The Kier molecular flexibility index (Phi) is 4.80. The molecule has 9 heteroatoms. The van der Waals surface area contributed by atoms with Crippen LogP contribution in [-0.2, 0) is 22.2 Å². The van der Waals surface area contributed by atoms with Crippen molar-refractivity contribution in [2.75, 3.05) is 0 Å². The van der Waals surface area contributed by atoms with Crippen LogP contribution in [0.4, 0.5) is 22.0 Å². The Labute approximate surface area is 140 Å². The Hall–Kier alpha value is -2.19. The van der Waals surface area contributed by atoms with Gasteiger partial charge in [-0.3, -0.25) is 4.79 Å². The van der Waals surface area contributed by atoms with Crippen molar-refractivity contribution < 1.29 is 36.6 Å². The Morgan fingerprint density at radius 2 is 1.72 bits per heavy atom. The normalized spacial score (nSPS) is 19.6. The first-order chi connectivity index (χ1) is 11.3. The number of carboxylic acids is 1. The molecule has 0 radical (unpaired) electrons. The van der Waals surface area contributed by atoms with Gasteiger partial charge in [-0.25, -0.2) is 13.6 Å². The van der Waals surface area contributed by atoms with Crippen LogP contribution in [0.25, 0.3) is 0 Å². The number of halogens is 5. The molecule has 1 aliphatic rings. The summed E-state index contributed by atoms with van der Waals surface area (Å²) in [6.07, 6.45) is -6.37. The summed E-state index contributed by atoms with van der Waals surface area (Å²) in [5, 5.41) is 11.2. The lowest BCUT2D eigenvalue weighted by Gasteiger charge is -2.44. The summed E-state index contributed by atoms with van der Waals surface area (Å²) in [6, 6.07) is 4.20. The Bertz CT molecular complexity index is 661. The van der Waals surface area contributed by atoms with Crippen LogP contribution in [0.5, 0.6) is 0 Å². The van der Waals surface area contributed by atoms with Gasteiger partial charge in [-0.05, 0) is 24.1 Å². The average Bonchev–Trinajstić information content (AvgIpc) is 2.44. The van der Waals surface area contributed by atoms with Gasteiger partial charge in [0.2, 0.25) is 5.91 Å². The van der Waals surface area contributed by atoms with Crippen molar-refractivity contribution in [3.05, 3.63) is 35.4 Å². The van der Waals surface area contributed by atoms with Gasteiger partial charge in [0.05, 0.1) is 5.56 Å². The summed E-state index contributed by atoms with van der Waals surface area (Å²) in [5.74, 6) is -6.20. The zero-order valence-electron chi connectivity index (χ0n) is 13.2. The third-order valence-electron chi connectivity index (χ3n) is 4.16. The third kappa shape index (κ3) is 4.26. The maximum Gasteiger partial charge on any atom is 0.416 e. The Morgan fingerprint density at radius 3 is 2.12 bits per heavy atom. The largest absolute Gasteiger partial charge is 0.479 e. The van der Waals surface area contributed by atoms with Gasteiger partial charge in [0.15, 0.2) is 0 Å². The van der Waals surface area contributed by atoms with Crippen LogP contribution in [0.15, 0.2) is 24.3 Å². The number of carbonyl (C=O) groups is 2. The van der Waals surface area contributed by atoms with E-state index in [0.29, 0.717) is 5.56 Å². The number of aliphatic carboxylic acids is 1. The van der Waals surface area contributed by atoms with Gasteiger partial charge in [-0.2, -0.15) is 13.2 Å². The van der Waals surface area contributed by atoms with E-state index in [2.05, 4.69) is 5.32 Å². The van der Waals surface area contributed by atoms with Crippen LogP contribution in [0, 0.1) is 5.92 Å². The number of hydrogen-bond donors (Lipinski definition) is 2. The highest BCUT2D eigenvalue weighted by Crippen LogP contribution is 2.45. The van der Waals surface area contributed by atoms with Crippen LogP contribution >= 0.6 is 0 Å². The van der Waals surface area contributed by atoms with Crippen molar-refractivity contribution in [1.29, 1.82) is 0 Å². The minimum Gasteiger partial charge on any atom is -0.479 e. The SMILES string of the molecule is CC(Cc1ccc(C(F)(F)F)cc1)C(=O)NC1(C(=O)O)CC(F)(F)C1. The van der Waals surface area contributed by atoms with Crippen molar-refractivity contribution in [1.82, 2.24) is 5.32 Å². The summed E-state index contributed by atoms with van der Waals surface area (Å²) in [7, 11) is 0. The summed E-state index contributed by atoms with van der Waals surface area (Å²) >= 11 is 0. The van der Waals surface area contributed by atoms with E-state index >= 15 is 0 Å². The molecule has 2 rings (SSSR count). The molecule has 0 spiro atoms. The molecule has 2 N–H and O–H groups in total. The minimum absolute atomic E-state index is 0.0516. The standard InChI is InChI=1S/C16H16F5NO3/c1-9(6-10-2-4-11(5-3-10)16(19,20)21)12(23)22-14(13(24)25)7-15(17,18)8-14/h2-5,9H,6-8H2,1H3,(H,22,23)(H,24,25). The molecular weight excluding hydrogens is 349 g/mol. The van der Waals surface area contributed by atoms with Crippen LogP contribution in [0.3, 0.4) is 0 Å². The highest BCUT2D eigenvalue weighted by atomic mass is 19.4. The first-order valence-electron chi connectivity index (χ1n) is 7.44. The van der Waals surface area contributed by atoms with Crippen molar-refractivity contribution in [2.24, 2.45) is 5.92 Å². The molecule has 1 atom stereocenters. The lowest BCUT2D eigenvalue weighted by molar-refractivity contribution is -0.180. The molecule has 0 heterocycles. The molecule has 1 saturated carbocycles. The van der Waals surface area contributed by atoms with Crippen LogP contribution in [0.1, 0.15) is 30.9 Å². The molecule has 0 aliphatic heterocycles. The van der Waals surface area contributed by atoms with E-state index < -0.39 is 53.8 Å². The molecule has 0 aromatic heterocycles. The van der Waals surface area contributed by atoms with Crippen molar-refractivity contribution in [3.8, 4) is 0 Å². The maximum atomic E-state index is 13.0. The topological polar surface area (TPSA) is 66.4 Å². The number of hydrogen-bond acceptors (Lipinski definition) is 2. The molecule has 0 saturated heterocycles. The second-order valence-electron chi connectivity index (χ2n) is 6.39. The number of carbonyl (C=O) groups excluding carboxylic acids is 1. The predicted molar refractivity (Wildman–Crippen MR) is 77.0 cm³/mol. The van der Waals surface area contributed by atoms with E-state index in [9.17, 15) is 31.5 Å². The highest BCUT2D eigenvalue weighted by Gasteiger charge is 2.62. The number of alkyl halides is 5. The molecule has 1 amide bonds. The van der Waals surface area contributed by atoms with E-state index in [-0.39, 0.29) is 6.42 Å². The molecule has 1 aromatic rings. The number of amides is 1. The van der Waals surface area contributed by atoms with Gasteiger partial charge in [-0.15, -0.1) is 0 Å². The molecule has 25 heavy (non-hydrogen) atoms. The van der Waals surface area contributed by atoms with Crippen molar-refractivity contribution in [3.63, 3.8) is 0 Å². The van der Waals surface area contributed by atoms with Crippen molar-refractivity contribution in [2.45, 2.75) is 43.8 Å². The zero-order chi connectivity index (χ0) is 19.0. The van der Waals surface area contributed by atoms with E-state index in [1.165, 1.54) is 19.1 Å². The lowest BCUT2D eigenvalue weighted by atomic mass is 9.73. The maximum absolute atomic E-state index is 13.0. The second-order valence-corrected chi connectivity index (χ2v) is 6.39. The fourth-order valence-corrected chi connectivity index (χ4v) is 2.76. The highest BCUT2D eigenvalue weighted by molar-refractivity contribution is 5.89. The molecular formula is C16H16F5NO3. The van der Waals surface area contributed by atoms with Crippen molar-refractivity contribution >= 4 is 11.9 Å². The monoisotopic (exact) mass is 365 g/mol. The molecule has 0 bridgehead atoms. The average molecular weight is 365 g/mol. The fourth-order valence-electron chi connectivity index (χ4n) is 2.76. The summed E-state index contributed by atoms with van der Waals surface area (Å²) in [6.45, 7) is 1.44. The molecule has 1 aliphatic carbocycles. The van der Waals surface area contributed by atoms with Gasteiger partial charge in [0, 0.05) is 18.8 Å². The van der Waals surface area contributed by atoms with Crippen LogP contribution in [0.2, 0.25) is 0 Å². The molecule has 1 fully saturated rings. The van der Waals surface area contributed by atoms with E-state index in [0.717, 1.165) is 12.1 Å². The molecule has 138 valence electrons. The first kappa shape index (κ1) is 19.1. The number of rotatable bonds is 5.